The molecule has 0 aromatic heterocycles. The van der Waals surface area contributed by atoms with Crippen LogP contribution in [0.2, 0.25) is 0 Å². The molecule has 3 aromatic carbocycles. The van der Waals surface area contributed by atoms with Gasteiger partial charge in [-0.3, -0.25) is 15.1 Å². The van der Waals surface area contributed by atoms with E-state index in [9.17, 15) is 10.1 Å². The molecule has 0 N–H and O–H groups in total. The number of benzene rings is 3. The van der Waals surface area contributed by atoms with Gasteiger partial charge in [0.25, 0.3) is 5.69 Å². The zero-order chi connectivity index (χ0) is 16.5. The molecular weight excluding hydrogens is 300 g/mol. The van der Waals surface area contributed by atoms with E-state index in [4.69, 9.17) is 0 Å². The number of nitro benzene ring substituents is 1. The van der Waals surface area contributed by atoms with E-state index < -0.39 is 0 Å². The molecule has 0 saturated carbocycles. The highest BCUT2D eigenvalue weighted by molar-refractivity contribution is 5.83. The van der Waals surface area contributed by atoms with Crippen molar-refractivity contribution >= 4 is 17.6 Å². The average Bonchev–Trinajstić information content (AvgIpc) is 2.97. The lowest BCUT2D eigenvalue weighted by atomic mass is 10.1. The topological polar surface area (TPSA) is 55.5 Å². The van der Waals surface area contributed by atoms with Crippen LogP contribution in [0.5, 0.6) is 0 Å². The third-order valence-electron chi connectivity index (χ3n) is 4.22. The largest absolute Gasteiger partial charge is 0.269 e. The maximum absolute atomic E-state index is 10.9. The lowest BCUT2D eigenvalue weighted by Crippen LogP contribution is -1.89. The van der Waals surface area contributed by atoms with Crippen molar-refractivity contribution < 1.29 is 4.92 Å². The van der Waals surface area contributed by atoms with E-state index in [1.54, 1.807) is 12.1 Å². The van der Waals surface area contributed by atoms with Gasteiger partial charge >= 0.3 is 0 Å². The summed E-state index contributed by atoms with van der Waals surface area (Å²) in [5.41, 5.74) is 6.46. The third kappa shape index (κ3) is 2.58. The van der Waals surface area contributed by atoms with Crippen LogP contribution in [0.4, 0.5) is 11.4 Å². The van der Waals surface area contributed by atoms with Crippen molar-refractivity contribution in [1.82, 2.24) is 0 Å². The maximum atomic E-state index is 10.9. The second-order valence-corrected chi connectivity index (χ2v) is 5.79. The van der Waals surface area contributed by atoms with E-state index in [1.165, 1.54) is 0 Å². The van der Waals surface area contributed by atoms with Crippen LogP contribution in [0.3, 0.4) is 0 Å². The summed E-state index contributed by atoms with van der Waals surface area (Å²) in [4.78, 5) is 15.1. The Labute approximate surface area is 139 Å². The number of non-ortho nitro benzene ring substituents is 1. The molecule has 0 amide bonds. The molecule has 4 rings (SSSR count). The van der Waals surface area contributed by atoms with Gasteiger partial charge in [0.05, 0.1) is 10.6 Å². The first-order valence-corrected chi connectivity index (χ1v) is 7.70. The standard InChI is InChI=1S/C20H14N2O2/c23-22(24)18-7-9-20-16(12-18)10-15-11-17(6-8-19(15)20)21-13-14-4-2-1-3-5-14/h1-9,11-13H,10H2. The number of nitrogens with zero attached hydrogens (tertiary/aromatic N) is 2. The number of aliphatic imine (C=N–C) groups is 1. The molecule has 0 saturated heterocycles. The third-order valence-corrected chi connectivity index (χ3v) is 4.22. The van der Waals surface area contributed by atoms with Crippen molar-refractivity contribution in [3.8, 4) is 11.1 Å². The first-order valence-electron chi connectivity index (χ1n) is 7.70. The molecule has 24 heavy (non-hydrogen) atoms. The monoisotopic (exact) mass is 314 g/mol. The minimum atomic E-state index is -0.348. The van der Waals surface area contributed by atoms with Crippen LogP contribution in [0.15, 0.2) is 71.7 Å². The number of hydrogen-bond donors (Lipinski definition) is 0. The van der Waals surface area contributed by atoms with Crippen LogP contribution >= 0.6 is 0 Å². The molecule has 0 bridgehead atoms. The van der Waals surface area contributed by atoms with E-state index in [1.807, 2.05) is 54.7 Å². The quantitative estimate of drug-likeness (QED) is 0.306. The fraction of sp³-hybridized carbons (Fsp3) is 0.0500. The molecule has 1 aliphatic carbocycles. The highest BCUT2D eigenvalue weighted by Crippen LogP contribution is 2.39. The zero-order valence-electron chi connectivity index (χ0n) is 12.8. The van der Waals surface area contributed by atoms with Gasteiger partial charge in [-0.15, -0.1) is 0 Å². The number of hydrogen-bond acceptors (Lipinski definition) is 3. The normalized spacial score (nSPS) is 12.2. The molecule has 0 unspecified atom stereocenters. The Bertz CT molecular complexity index is 963. The Morgan fingerprint density at radius 2 is 1.62 bits per heavy atom. The maximum Gasteiger partial charge on any atom is 0.269 e. The molecule has 0 aliphatic heterocycles. The molecule has 1 aliphatic rings. The molecule has 116 valence electrons. The highest BCUT2D eigenvalue weighted by atomic mass is 16.6. The Kier molecular flexibility index (Phi) is 3.43. The first-order chi connectivity index (χ1) is 11.7. The average molecular weight is 314 g/mol. The molecule has 0 spiro atoms. The molecular formula is C20H14N2O2. The Hall–Kier alpha value is -3.27. The Balaban J connectivity index is 1.64. The van der Waals surface area contributed by atoms with Crippen LogP contribution in [-0.4, -0.2) is 11.1 Å². The van der Waals surface area contributed by atoms with E-state index in [0.717, 1.165) is 33.5 Å². The minimum absolute atomic E-state index is 0.142. The van der Waals surface area contributed by atoms with Crippen LogP contribution in [0.1, 0.15) is 16.7 Å². The molecule has 4 nitrogen and oxygen atoms in total. The molecule has 4 heteroatoms. The summed E-state index contributed by atoms with van der Waals surface area (Å²) >= 11 is 0. The molecule has 0 heterocycles. The minimum Gasteiger partial charge on any atom is -0.258 e. The Morgan fingerprint density at radius 3 is 2.38 bits per heavy atom. The van der Waals surface area contributed by atoms with Gasteiger partial charge in [-0.05, 0) is 52.4 Å². The van der Waals surface area contributed by atoms with Crippen molar-refractivity contribution in [3.63, 3.8) is 0 Å². The fourth-order valence-corrected chi connectivity index (χ4v) is 3.07. The zero-order valence-corrected chi connectivity index (χ0v) is 12.8. The summed E-state index contributed by atoms with van der Waals surface area (Å²) in [5, 5.41) is 10.9. The predicted molar refractivity (Wildman–Crippen MR) is 95.0 cm³/mol. The van der Waals surface area contributed by atoms with Crippen molar-refractivity contribution in [3.05, 3.63) is 93.5 Å². The summed E-state index contributed by atoms with van der Waals surface area (Å²) in [6, 6.07) is 21.1. The lowest BCUT2D eigenvalue weighted by molar-refractivity contribution is -0.384. The van der Waals surface area contributed by atoms with Gasteiger partial charge in [-0.1, -0.05) is 36.4 Å². The van der Waals surface area contributed by atoms with Gasteiger partial charge in [0.2, 0.25) is 0 Å². The van der Waals surface area contributed by atoms with Gasteiger partial charge in [0, 0.05) is 18.3 Å². The molecule has 0 radical (unpaired) electrons. The van der Waals surface area contributed by atoms with E-state index >= 15 is 0 Å². The lowest BCUT2D eigenvalue weighted by Gasteiger charge is -2.02. The van der Waals surface area contributed by atoms with E-state index in [-0.39, 0.29) is 10.6 Å². The van der Waals surface area contributed by atoms with E-state index in [0.29, 0.717) is 6.42 Å². The van der Waals surface area contributed by atoms with Gasteiger partial charge in [-0.2, -0.15) is 0 Å². The van der Waals surface area contributed by atoms with Crippen LogP contribution in [0, 0.1) is 10.1 Å². The van der Waals surface area contributed by atoms with Crippen LogP contribution < -0.4 is 0 Å². The summed E-state index contributed by atoms with van der Waals surface area (Å²) in [7, 11) is 0. The van der Waals surface area contributed by atoms with Crippen LogP contribution in [-0.2, 0) is 6.42 Å². The van der Waals surface area contributed by atoms with E-state index in [2.05, 4.69) is 11.1 Å². The summed E-state index contributed by atoms with van der Waals surface area (Å²) in [6.07, 6.45) is 2.55. The molecule has 3 aromatic rings. The van der Waals surface area contributed by atoms with Crippen molar-refractivity contribution in [2.45, 2.75) is 6.42 Å². The number of fused-ring (bicyclic) bond motifs is 3. The fourth-order valence-electron chi connectivity index (χ4n) is 3.07. The smallest absolute Gasteiger partial charge is 0.258 e. The second kappa shape index (κ2) is 5.74. The second-order valence-electron chi connectivity index (χ2n) is 5.79. The van der Waals surface area contributed by atoms with Crippen molar-refractivity contribution in [2.24, 2.45) is 4.99 Å². The van der Waals surface area contributed by atoms with Gasteiger partial charge in [0.15, 0.2) is 0 Å². The SMILES string of the molecule is O=[N+]([O-])c1ccc2c(c1)Cc1cc(N=Cc3ccccc3)ccc1-2. The first kappa shape index (κ1) is 14.3. The highest BCUT2D eigenvalue weighted by Gasteiger charge is 2.21. The summed E-state index contributed by atoms with van der Waals surface area (Å²) in [5.74, 6) is 0. The van der Waals surface area contributed by atoms with Crippen molar-refractivity contribution in [2.75, 3.05) is 0 Å². The van der Waals surface area contributed by atoms with Gasteiger partial charge in [0.1, 0.15) is 0 Å². The van der Waals surface area contributed by atoms with Crippen LogP contribution in [0.25, 0.3) is 11.1 Å². The number of rotatable bonds is 3. The molecule has 0 atom stereocenters. The predicted octanol–water partition coefficient (Wildman–Crippen LogP) is 4.92. The Morgan fingerprint density at radius 1 is 0.917 bits per heavy atom. The summed E-state index contributed by atoms with van der Waals surface area (Å²) in [6.45, 7) is 0. The molecule has 0 fully saturated rings. The van der Waals surface area contributed by atoms with Gasteiger partial charge < -0.3 is 0 Å². The van der Waals surface area contributed by atoms with Crippen molar-refractivity contribution in [1.29, 1.82) is 0 Å². The van der Waals surface area contributed by atoms with Gasteiger partial charge in [-0.25, -0.2) is 0 Å². The number of nitro groups is 1. The summed E-state index contributed by atoms with van der Waals surface area (Å²) < 4.78 is 0.